The molecule has 2 aromatic rings. The molecule has 0 fully saturated rings. The lowest BCUT2D eigenvalue weighted by Gasteiger charge is -2.22. The average molecular weight is 320 g/mol. The van der Waals surface area contributed by atoms with Gasteiger partial charge >= 0.3 is 0 Å². The molecular weight excluding hydrogens is 301 g/mol. The van der Waals surface area contributed by atoms with Crippen LogP contribution >= 0.6 is 24.0 Å². The van der Waals surface area contributed by atoms with Crippen molar-refractivity contribution in [2.75, 3.05) is 19.6 Å². The molecule has 2 rings (SSSR count). The van der Waals surface area contributed by atoms with Crippen LogP contribution in [0.2, 0.25) is 5.15 Å². The van der Waals surface area contributed by atoms with Gasteiger partial charge in [-0.1, -0.05) is 25.4 Å². The summed E-state index contributed by atoms with van der Waals surface area (Å²) < 4.78 is 1.80. The molecule has 0 spiro atoms. The predicted molar refractivity (Wildman–Crippen MR) is 81.4 cm³/mol. The monoisotopic (exact) mass is 319 g/mol. The van der Waals surface area contributed by atoms with Gasteiger partial charge < -0.3 is 14.6 Å². The van der Waals surface area contributed by atoms with Crippen molar-refractivity contribution in [1.29, 1.82) is 0 Å². The van der Waals surface area contributed by atoms with E-state index in [2.05, 4.69) is 33.7 Å². The van der Waals surface area contributed by atoms with Crippen LogP contribution in [0.5, 0.6) is 0 Å². The molecule has 0 aliphatic rings. The summed E-state index contributed by atoms with van der Waals surface area (Å²) in [6, 6.07) is 0. The van der Waals surface area contributed by atoms with Crippen molar-refractivity contribution in [1.82, 2.24) is 24.4 Å². The van der Waals surface area contributed by atoms with Gasteiger partial charge in [-0.2, -0.15) is 0 Å². The molecule has 0 saturated heterocycles. The van der Waals surface area contributed by atoms with E-state index in [9.17, 15) is 5.11 Å². The first-order valence-electron chi connectivity index (χ1n) is 6.37. The van der Waals surface area contributed by atoms with E-state index in [0.717, 1.165) is 13.1 Å². The number of likely N-dealkylation sites (N-methyl/N-ethyl adjacent to an activating group) is 1. The van der Waals surface area contributed by atoms with Crippen molar-refractivity contribution >= 4 is 35.2 Å². The van der Waals surface area contributed by atoms with Gasteiger partial charge in [-0.3, -0.25) is 0 Å². The summed E-state index contributed by atoms with van der Waals surface area (Å²) in [7, 11) is 0. The summed E-state index contributed by atoms with van der Waals surface area (Å²) in [6.07, 6.45) is 2.57. The Kier molecular flexibility index (Phi) is 6.61. The molecule has 2 heterocycles. The van der Waals surface area contributed by atoms with Gasteiger partial charge in [0.25, 0.3) is 0 Å². The van der Waals surface area contributed by atoms with Gasteiger partial charge in [-0.05, 0) is 13.1 Å². The largest absolute Gasteiger partial charge is 0.390 e. The van der Waals surface area contributed by atoms with Gasteiger partial charge in [0.15, 0.2) is 10.8 Å². The molecule has 0 radical (unpaired) electrons. The summed E-state index contributed by atoms with van der Waals surface area (Å²) >= 11 is 5.94. The molecule has 8 heteroatoms. The van der Waals surface area contributed by atoms with Crippen LogP contribution in [0, 0.1) is 0 Å². The van der Waals surface area contributed by atoms with E-state index in [0.29, 0.717) is 29.4 Å². The minimum Gasteiger partial charge on any atom is -0.390 e. The summed E-state index contributed by atoms with van der Waals surface area (Å²) in [6.45, 7) is 7.08. The van der Waals surface area contributed by atoms with Crippen molar-refractivity contribution in [3.63, 3.8) is 0 Å². The van der Waals surface area contributed by atoms with Crippen LogP contribution in [0.4, 0.5) is 0 Å². The third kappa shape index (κ3) is 3.79. The Bertz CT molecular complexity index is 544. The molecule has 0 saturated carbocycles. The van der Waals surface area contributed by atoms with E-state index < -0.39 is 6.10 Å². The SMILES string of the molecule is CCN(CC)CC(O)Cn1cnc2c(Cl)ncnc21.Cl. The van der Waals surface area contributed by atoms with Crippen molar-refractivity contribution in [3.8, 4) is 0 Å². The highest BCUT2D eigenvalue weighted by Gasteiger charge is 2.13. The fourth-order valence-corrected chi connectivity index (χ4v) is 2.23. The lowest BCUT2D eigenvalue weighted by atomic mass is 10.3. The van der Waals surface area contributed by atoms with Gasteiger partial charge in [0.2, 0.25) is 0 Å². The lowest BCUT2D eigenvalue weighted by Crippen LogP contribution is -2.34. The molecule has 0 bridgehead atoms. The minimum atomic E-state index is -0.467. The highest BCUT2D eigenvalue weighted by Crippen LogP contribution is 2.17. The maximum Gasteiger partial charge on any atom is 0.164 e. The van der Waals surface area contributed by atoms with Crippen LogP contribution in [0.3, 0.4) is 0 Å². The van der Waals surface area contributed by atoms with E-state index in [1.54, 1.807) is 10.9 Å². The number of fused-ring (bicyclic) bond motifs is 1. The maximum absolute atomic E-state index is 10.1. The molecule has 0 aliphatic heterocycles. The van der Waals surface area contributed by atoms with E-state index >= 15 is 0 Å². The van der Waals surface area contributed by atoms with Crippen LogP contribution in [0.25, 0.3) is 11.2 Å². The number of aliphatic hydroxyl groups excluding tert-OH is 1. The normalized spacial score (nSPS) is 12.7. The molecule has 1 N–H and O–H groups in total. The number of rotatable bonds is 6. The molecule has 1 atom stereocenters. The third-order valence-electron chi connectivity index (χ3n) is 3.13. The van der Waals surface area contributed by atoms with Gasteiger partial charge in [0.1, 0.15) is 11.8 Å². The van der Waals surface area contributed by atoms with E-state index in [4.69, 9.17) is 11.6 Å². The highest BCUT2D eigenvalue weighted by molar-refractivity contribution is 6.33. The maximum atomic E-state index is 10.1. The van der Waals surface area contributed by atoms with Crippen LogP contribution in [0.15, 0.2) is 12.7 Å². The molecule has 2 aromatic heterocycles. The first-order chi connectivity index (χ1) is 9.15. The van der Waals surface area contributed by atoms with Crippen LogP contribution in [0.1, 0.15) is 13.8 Å². The van der Waals surface area contributed by atoms with Gasteiger partial charge in [-0.15, -0.1) is 12.4 Å². The number of hydrogen-bond donors (Lipinski definition) is 1. The molecule has 0 aliphatic carbocycles. The second-order valence-electron chi connectivity index (χ2n) is 4.37. The first kappa shape index (κ1) is 17.1. The summed E-state index contributed by atoms with van der Waals surface area (Å²) in [4.78, 5) is 14.4. The van der Waals surface area contributed by atoms with Crippen molar-refractivity contribution in [3.05, 3.63) is 17.8 Å². The fourth-order valence-electron chi connectivity index (χ4n) is 2.05. The zero-order valence-corrected chi connectivity index (χ0v) is 13.1. The highest BCUT2D eigenvalue weighted by atomic mass is 35.5. The molecule has 20 heavy (non-hydrogen) atoms. The van der Waals surface area contributed by atoms with Crippen molar-refractivity contribution in [2.24, 2.45) is 0 Å². The van der Waals surface area contributed by atoms with Gasteiger partial charge in [-0.25, -0.2) is 15.0 Å². The quantitative estimate of drug-likeness (QED) is 0.819. The standard InChI is InChI=1S/C12H18ClN5O.ClH/c1-3-17(4-2)5-9(19)6-18-8-16-10-11(13)14-7-15-12(10)18;/h7-9,19H,3-6H2,1-2H3;1H. The number of hydrogen-bond acceptors (Lipinski definition) is 5. The van der Waals surface area contributed by atoms with Crippen molar-refractivity contribution < 1.29 is 5.11 Å². The Morgan fingerprint density at radius 3 is 2.65 bits per heavy atom. The first-order valence-corrected chi connectivity index (χ1v) is 6.75. The lowest BCUT2D eigenvalue weighted by molar-refractivity contribution is 0.104. The zero-order valence-electron chi connectivity index (χ0n) is 11.5. The van der Waals surface area contributed by atoms with Gasteiger partial charge in [0.05, 0.1) is 19.0 Å². The second-order valence-corrected chi connectivity index (χ2v) is 4.73. The van der Waals surface area contributed by atoms with E-state index in [-0.39, 0.29) is 12.4 Å². The molecule has 112 valence electrons. The Morgan fingerprint density at radius 2 is 2.00 bits per heavy atom. The van der Waals surface area contributed by atoms with Crippen molar-refractivity contribution in [2.45, 2.75) is 26.5 Å². The number of nitrogens with zero attached hydrogens (tertiary/aromatic N) is 5. The van der Waals surface area contributed by atoms with Gasteiger partial charge in [0, 0.05) is 6.54 Å². The Hall–Kier alpha value is -0.950. The van der Waals surface area contributed by atoms with Crippen LogP contribution < -0.4 is 0 Å². The molecule has 0 aromatic carbocycles. The smallest absolute Gasteiger partial charge is 0.164 e. The predicted octanol–water partition coefficient (Wildman–Crippen LogP) is 1.60. The fraction of sp³-hybridized carbons (Fsp3) is 0.583. The minimum absolute atomic E-state index is 0. The summed E-state index contributed by atoms with van der Waals surface area (Å²) in [5.41, 5.74) is 1.22. The molecule has 6 nitrogen and oxygen atoms in total. The number of imidazole rings is 1. The van der Waals surface area contributed by atoms with Crippen LogP contribution in [-0.4, -0.2) is 55.3 Å². The molecular formula is C12H19Cl2N5O. The second kappa shape index (κ2) is 7.73. The Morgan fingerprint density at radius 1 is 1.30 bits per heavy atom. The number of aromatic nitrogens is 4. The summed E-state index contributed by atoms with van der Waals surface area (Å²) in [5.74, 6) is 0. The topological polar surface area (TPSA) is 67.1 Å². The number of halogens is 2. The molecule has 1 unspecified atom stereocenters. The number of aliphatic hydroxyl groups is 1. The van der Waals surface area contributed by atoms with Crippen LogP contribution in [-0.2, 0) is 6.54 Å². The average Bonchev–Trinajstić information content (AvgIpc) is 2.81. The van der Waals surface area contributed by atoms with E-state index in [1.807, 2.05) is 0 Å². The van der Waals surface area contributed by atoms with E-state index in [1.165, 1.54) is 6.33 Å². The third-order valence-corrected chi connectivity index (χ3v) is 3.40. The zero-order chi connectivity index (χ0) is 13.8. The Balaban J connectivity index is 0.00000200. The molecule has 0 amide bonds. The Labute approximate surface area is 129 Å². The summed E-state index contributed by atoms with van der Waals surface area (Å²) in [5, 5.41) is 10.5.